The van der Waals surface area contributed by atoms with Crippen LogP contribution in [-0.2, 0) is 6.54 Å². The molecule has 1 aliphatic rings. The maximum absolute atomic E-state index is 5.95. The topological polar surface area (TPSA) is 12.0 Å². The summed E-state index contributed by atoms with van der Waals surface area (Å²) in [7, 11) is 0. The molecule has 2 unspecified atom stereocenters. The van der Waals surface area contributed by atoms with E-state index in [0.717, 1.165) is 22.0 Å². The SMILES string of the molecule is CCC1CCCC(NCc2ccc(Cl)cc2Br)C1. The highest BCUT2D eigenvalue weighted by Gasteiger charge is 2.20. The fourth-order valence-corrected chi connectivity index (χ4v) is 3.59. The third-order valence-corrected chi connectivity index (χ3v) is 4.93. The summed E-state index contributed by atoms with van der Waals surface area (Å²) in [4.78, 5) is 0. The molecule has 2 rings (SSSR count). The second kappa shape index (κ2) is 6.93. The van der Waals surface area contributed by atoms with Crippen molar-refractivity contribution in [2.45, 2.75) is 51.6 Å². The monoisotopic (exact) mass is 329 g/mol. The molecule has 1 aromatic carbocycles. The molecule has 0 aliphatic heterocycles. The molecule has 1 aromatic rings. The smallest absolute Gasteiger partial charge is 0.0417 e. The molecule has 1 aliphatic carbocycles. The van der Waals surface area contributed by atoms with Crippen LogP contribution >= 0.6 is 27.5 Å². The molecule has 18 heavy (non-hydrogen) atoms. The zero-order valence-corrected chi connectivity index (χ0v) is 13.2. The van der Waals surface area contributed by atoms with Crippen molar-refractivity contribution in [3.8, 4) is 0 Å². The lowest BCUT2D eigenvalue weighted by Gasteiger charge is -2.29. The summed E-state index contributed by atoms with van der Waals surface area (Å²) in [6, 6.07) is 6.71. The molecular formula is C15H21BrClN. The maximum Gasteiger partial charge on any atom is 0.0417 e. The molecule has 0 heterocycles. The van der Waals surface area contributed by atoms with Crippen molar-refractivity contribution in [2.75, 3.05) is 0 Å². The Hall–Kier alpha value is -0.0500. The van der Waals surface area contributed by atoms with Gasteiger partial charge in [-0.25, -0.2) is 0 Å². The van der Waals surface area contributed by atoms with Crippen molar-refractivity contribution >= 4 is 27.5 Å². The van der Waals surface area contributed by atoms with Gasteiger partial charge in [-0.05, 0) is 36.5 Å². The zero-order chi connectivity index (χ0) is 13.0. The lowest BCUT2D eigenvalue weighted by atomic mass is 9.84. The van der Waals surface area contributed by atoms with E-state index in [-0.39, 0.29) is 0 Å². The Bertz CT molecular complexity index is 394. The first-order valence-electron chi connectivity index (χ1n) is 6.86. The van der Waals surface area contributed by atoms with E-state index in [1.807, 2.05) is 12.1 Å². The first-order chi connectivity index (χ1) is 8.69. The summed E-state index contributed by atoms with van der Waals surface area (Å²) in [6.07, 6.45) is 6.77. The van der Waals surface area contributed by atoms with Crippen LogP contribution < -0.4 is 5.32 Å². The molecule has 0 spiro atoms. The number of nitrogens with one attached hydrogen (secondary N) is 1. The van der Waals surface area contributed by atoms with Crippen molar-refractivity contribution < 1.29 is 0 Å². The average Bonchev–Trinajstić information content (AvgIpc) is 2.38. The third-order valence-electron chi connectivity index (χ3n) is 3.96. The van der Waals surface area contributed by atoms with Crippen LogP contribution in [0, 0.1) is 5.92 Å². The highest BCUT2D eigenvalue weighted by Crippen LogP contribution is 2.27. The van der Waals surface area contributed by atoms with Crippen molar-refractivity contribution in [3.05, 3.63) is 33.3 Å². The van der Waals surface area contributed by atoms with Gasteiger partial charge < -0.3 is 5.32 Å². The van der Waals surface area contributed by atoms with E-state index in [4.69, 9.17) is 11.6 Å². The molecule has 1 fully saturated rings. The van der Waals surface area contributed by atoms with Gasteiger partial charge in [-0.1, -0.05) is 59.8 Å². The van der Waals surface area contributed by atoms with Gasteiger partial charge in [0.1, 0.15) is 0 Å². The summed E-state index contributed by atoms with van der Waals surface area (Å²) in [5.41, 5.74) is 1.29. The van der Waals surface area contributed by atoms with Gasteiger partial charge in [0.05, 0.1) is 0 Å². The van der Waals surface area contributed by atoms with Gasteiger partial charge in [0, 0.05) is 22.1 Å². The van der Waals surface area contributed by atoms with E-state index in [1.165, 1.54) is 37.7 Å². The standard InChI is InChI=1S/C15H21BrClN/c1-2-11-4-3-5-14(8-11)18-10-12-6-7-13(17)9-15(12)16/h6-7,9,11,14,18H,2-5,8,10H2,1H3. The Kier molecular flexibility index (Phi) is 5.53. The van der Waals surface area contributed by atoms with Gasteiger partial charge in [-0.15, -0.1) is 0 Å². The molecule has 3 heteroatoms. The number of hydrogen-bond donors (Lipinski definition) is 1. The molecular weight excluding hydrogens is 310 g/mol. The van der Waals surface area contributed by atoms with E-state index in [1.54, 1.807) is 0 Å². The van der Waals surface area contributed by atoms with Gasteiger partial charge in [-0.3, -0.25) is 0 Å². The third kappa shape index (κ3) is 3.97. The van der Waals surface area contributed by atoms with Crippen LogP contribution in [0.3, 0.4) is 0 Å². The summed E-state index contributed by atoms with van der Waals surface area (Å²) >= 11 is 9.53. The van der Waals surface area contributed by atoms with Crippen LogP contribution in [0.5, 0.6) is 0 Å². The van der Waals surface area contributed by atoms with Gasteiger partial charge in [0.2, 0.25) is 0 Å². The molecule has 0 radical (unpaired) electrons. The Balaban J connectivity index is 1.87. The Morgan fingerprint density at radius 3 is 2.94 bits per heavy atom. The quantitative estimate of drug-likeness (QED) is 0.804. The minimum absolute atomic E-state index is 0.686. The zero-order valence-electron chi connectivity index (χ0n) is 10.9. The van der Waals surface area contributed by atoms with E-state index >= 15 is 0 Å². The van der Waals surface area contributed by atoms with Crippen LogP contribution in [0.1, 0.15) is 44.6 Å². The van der Waals surface area contributed by atoms with Gasteiger partial charge in [-0.2, -0.15) is 0 Å². The Labute approximate surface area is 123 Å². The minimum atomic E-state index is 0.686. The van der Waals surface area contributed by atoms with E-state index in [0.29, 0.717) is 6.04 Å². The van der Waals surface area contributed by atoms with Crippen LogP contribution in [0.2, 0.25) is 5.02 Å². The van der Waals surface area contributed by atoms with E-state index < -0.39 is 0 Å². The van der Waals surface area contributed by atoms with Crippen molar-refractivity contribution in [3.63, 3.8) is 0 Å². The predicted octanol–water partition coefficient (Wildman–Crippen LogP) is 5.16. The largest absolute Gasteiger partial charge is 0.310 e. The summed E-state index contributed by atoms with van der Waals surface area (Å²) in [5.74, 6) is 0.921. The van der Waals surface area contributed by atoms with Crippen molar-refractivity contribution in [2.24, 2.45) is 5.92 Å². The second-order valence-electron chi connectivity index (χ2n) is 5.25. The second-order valence-corrected chi connectivity index (χ2v) is 6.55. The molecule has 0 saturated heterocycles. The molecule has 0 bridgehead atoms. The lowest BCUT2D eigenvalue weighted by Crippen LogP contribution is -2.33. The Morgan fingerprint density at radius 1 is 1.39 bits per heavy atom. The fourth-order valence-electron chi connectivity index (χ4n) is 2.77. The first-order valence-corrected chi connectivity index (χ1v) is 8.03. The van der Waals surface area contributed by atoms with Crippen molar-refractivity contribution in [1.29, 1.82) is 0 Å². The highest BCUT2D eigenvalue weighted by molar-refractivity contribution is 9.10. The maximum atomic E-state index is 5.95. The van der Waals surface area contributed by atoms with Gasteiger partial charge >= 0.3 is 0 Å². The Morgan fingerprint density at radius 2 is 2.22 bits per heavy atom. The van der Waals surface area contributed by atoms with Crippen molar-refractivity contribution in [1.82, 2.24) is 5.32 Å². The van der Waals surface area contributed by atoms with Crippen LogP contribution in [0.15, 0.2) is 22.7 Å². The molecule has 1 N–H and O–H groups in total. The molecule has 1 nitrogen and oxygen atoms in total. The molecule has 1 saturated carbocycles. The van der Waals surface area contributed by atoms with Crippen LogP contribution in [0.25, 0.3) is 0 Å². The summed E-state index contributed by atoms with van der Waals surface area (Å²) < 4.78 is 1.10. The van der Waals surface area contributed by atoms with E-state index in [2.05, 4.69) is 34.2 Å². The van der Waals surface area contributed by atoms with Crippen LogP contribution in [0.4, 0.5) is 0 Å². The summed E-state index contributed by atoms with van der Waals surface area (Å²) in [6.45, 7) is 3.24. The average molecular weight is 331 g/mol. The van der Waals surface area contributed by atoms with E-state index in [9.17, 15) is 0 Å². The number of rotatable bonds is 4. The van der Waals surface area contributed by atoms with Gasteiger partial charge in [0.25, 0.3) is 0 Å². The van der Waals surface area contributed by atoms with Gasteiger partial charge in [0.15, 0.2) is 0 Å². The van der Waals surface area contributed by atoms with Crippen LogP contribution in [-0.4, -0.2) is 6.04 Å². The molecule has 0 amide bonds. The number of halogens is 2. The molecule has 0 aromatic heterocycles. The first kappa shape index (κ1) is 14.4. The number of hydrogen-bond acceptors (Lipinski definition) is 1. The predicted molar refractivity (Wildman–Crippen MR) is 82.0 cm³/mol. The molecule has 2 atom stereocenters. The molecule has 100 valence electrons. The fraction of sp³-hybridized carbons (Fsp3) is 0.600. The highest BCUT2D eigenvalue weighted by atomic mass is 79.9. The minimum Gasteiger partial charge on any atom is -0.310 e. The summed E-state index contributed by atoms with van der Waals surface area (Å²) in [5, 5.41) is 4.48. The normalized spacial score (nSPS) is 24.2. The lowest BCUT2D eigenvalue weighted by molar-refractivity contribution is 0.278. The number of benzene rings is 1.